The number of nitrogens with zero attached hydrogens (tertiary/aromatic N) is 6. The van der Waals surface area contributed by atoms with Crippen LogP contribution in [0, 0.1) is 23.1 Å². The van der Waals surface area contributed by atoms with Gasteiger partial charge in [0.1, 0.15) is 16.1 Å². The third kappa shape index (κ3) is 3.15. The van der Waals surface area contributed by atoms with E-state index in [-0.39, 0.29) is 23.9 Å². The number of fused-ring (bicyclic) bond motifs is 2. The summed E-state index contributed by atoms with van der Waals surface area (Å²) in [6, 6.07) is 7.76. The average Bonchev–Trinajstić information content (AvgIpc) is 3.36. The third-order valence-electron chi connectivity index (χ3n) is 6.39. The summed E-state index contributed by atoms with van der Waals surface area (Å²) in [6.45, 7) is 2.00. The number of halogens is 2. The predicted molar refractivity (Wildman–Crippen MR) is 132 cm³/mol. The molecule has 2 atom stereocenters. The second kappa shape index (κ2) is 8.04. The fraction of sp³-hybridized carbons (Fsp3) is 0.261. The van der Waals surface area contributed by atoms with Gasteiger partial charge in [-0.1, -0.05) is 11.6 Å². The number of hydrogen-bond acceptors (Lipinski definition) is 7. The zero-order valence-corrected chi connectivity index (χ0v) is 19.8. The number of aliphatic imine (C=N–C) groups is 1. The van der Waals surface area contributed by atoms with Gasteiger partial charge in [0, 0.05) is 42.7 Å². The Morgan fingerprint density at radius 1 is 1.29 bits per heavy atom. The van der Waals surface area contributed by atoms with Crippen molar-refractivity contribution in [3.05, 3.63) is 62.1 Å². The number of hydrazone groups is 1. The number of likely N-dealkylation sites (N-methyl/N-ethyl adjacent to an activating group) is 1. The molecule has 2 aliphatic rings. The molecular formula is C23H18ClFN6O2S. The quantitative estimate of drug-likeness (QED) is 0.549. The van der Waals surface area contributed by atoms with Crippen LogP contribution in [0.25, 0.3) is 26.4 Å². The van der Waals surface area contributed by atoms with Crippen molar-refractivity contribution in [2.45, 2.75) is 25.4 Å². The van der Waals surface area contributed by atoms with Gasteiger partial charge in [0.25, 0.3) is 5.56 Å². The summed E-state index contributed by atoms with van der Waals surface area (Å²) in [5, 5.41) is 15.4. The molecule has 0 saturated heterocycles. The standard InChI is InChI=1S/C23H18ClFN6O2S/c1-23-13(11-28-29(23)2)10-27-12-19(23)31-21(32)20-17(30(22(31)33)7-3-6-26)9-18(34-20)15-5-4-14(25)8-16(15)24/h4-5,8-13H,3,7H2,1-2H3. The van der Waals surface area contributed by atoms with Crippen LogP contribution in [0.5, 0.6) is 0 Å². The van der Waals surface area contributed by atoms with Crippen molar-refractivity contribution < 1.29 is 4.39 Å². The summed E-state index contributed by atoms with van der Waals surface area (Å²) in [5.74, 6) is -0.692. The number of nitriles is 1. The molecule has 0 aliphatic carbocycles. The molecular weight excluding hydrogens is 479 g/mol. The summed E-state index contributed by atoms with van der Waals surface area (Å²) < 4.78 is 16.5. The molecule has 0 N–H and O–H groups in total. The van der Waals surface area contributed by atoms with Crippen LogP contribution >= 0.6 is 22.9 Å². The van der Waals surface area contributed by atoms with Crippen molar-refractivity contribution >= 4 is 51.3 Å². The van der Waals surface area contributed by atoms with E-state index in [1.54, 1.807) is 30.6 Å². The lowest BCUT2D eigenvalue weighted by Gasteiger charge is -2.38. The Morgan fingerprint density at radius 2 is 2.09 bits per heavy atom. The lowest BCUT2D eigenvalue weighted by atomic mass is 9.83. The van der Waals surface area contributed by atoms with Gasteiger partial charge in [-0.15, -0.1) is 11.3 Å². The Hall–Kier alpha value is -3.55. The van der Waals surface area contributed by atoms with Crippen molar-refractivity contribution in [2.75, 3.05) is 7.05 Å². The number of rotatable bonds is 4. The number of benzene rings is 1. The maximum Gasteiger partial charge on any atom is 0.336 e. The van der Waals surface area contributed by atoms with Crippen LogP contribution in [0.15, 0.2) is 50.1 Å². The van der Waals surface area contributed by atoms with E-state index in [0.717, 1.165) is 15.9 Å². The number of aromatic nitrogens is 2. The highest BCUT2D eigenvalue weighted by Gasteiger charge is 2.47. The molecule has 34 heavy (non-hydrogen) atoms. The largest absolute Gasteiger partial charge is 0.336 e. The molecule has 0 radical (unpaired) electrons. The molecule has 0 saturated carbocycles. The predicted octanol–water partition coefficient (Wildman–Crippen LogP) is 3.79. The van der Waals surface area contributed by atoms with Crippen molar-refractivity contribution in [1.82, 2.24) is 14.1 Å². The van der Waals surface area contributed by atoms with Crippen LogP contribution in [-0.4, -0.2) is 39.2 Å². The Balaban J connectivity index is 1.80. The molecule has 3 aromatic rings. The highest BCUT2D eigenvalue weighted by atomic mass is 35.5. The molecule has 2 unspecified atom stereocenters. The maximum atomic E-state index is 13.7. The maximum absolute atomic E-state index is 13.7. The van der Waals surface area contributed by atoms with Crippen LogP contribution in [0.3, 0.4) is 0 Å². The van der Waals surface area contributed by atoms with Gasteiger partial charge in [-0.2, -0.15) is 10.4 Å². The normalized spacial score (nSPS) is 21.1. The number of thiophene rings is 1. The van der Waals surface area contributed by atoms with Crippen LogP contribution in [0.4, 0.5) is 4.39 Å². The van der Waals surface area contributed by atoms with Crippen LogP contribution in [0.2, 0.25) is 5.02 Å². The van der Waals surface area contributed by atoms with E-state index in [0.29, 0.717) is 26.4 Å². The molecule has 2 aliphatic heterocycles. The molecule has 0 amide bonds. The zero-order valence-electron chi connectivity index (χ0n) is 18.2. The number of hydrogen-bond donors (Lipinski definition) is 0. The van der Waals surface area contributed by atoms with Crippen LogP contribution in [-0.2, 0) is 6.54 Å². The molecule has 0 fully saturated rings. The van der Waals surface area contributed by atoms with Crippen molar-refractivity contribution in [1.29, 1.82) is 5.26 Å². The highest BCUT2D eigenvalue weighted by molar-refractivity contribution is 7.22. The third-order valence-corrected chi connectivity index (χ3v) is 7.85. The molecule has 172 valence electrons. The van der Waals surface area contributed by atoms with E-state index in [9.17, 15) is 14.0 Å². The first-order valence-corrected chi connectivity index (χ1v) is 11.6. The van der Waals surface area contributed by atoms with Gasteiger partial charge in [0.05, 0.1) is 34.6 Å². The smallest absolute Gasteiger partial charge is 0.291 e. The SMILES string of the molecule is CN1N=CC2C=NC=C(n3c(=O)c4sc(-c5ccc(F)cc5Cl)cc4n(CCC#N)c3=O)C21C. The van der Waals surface area contributed by atoms with Crippen molar-refractivity contribution in [2.24, 2.45) is 16.0 Å². The Kier molecular flexibility index (Phi) is 5.26. The molecule has 1 aromatic carbocycles. The van der Waals surface area contributed by atoms with E-state index in [2.05, 4.69) is 16.2 Å². The van der Waals surface area contributed by atoms with E-state index >= 15 is 0 Å². The van der Waals surface area contributed by atoms with E-state index in [1.807, 2.05) is 6.92 Å². The highest BCUT2D eigenvalue weighted by Crippen LogP contribution is 2.39. The molecule has 0 spiro atoms. The Morgan fingerprint density at radius 3 is 2.82 bits per heavy atom. The summed E-state index contributed by atoms with van der Waals surface area (Å²) in [7, 11) is 1.78. The lowest BCUT2D eigenvalue weighted by Crippen LogP contribution is -2.52. The lowest BCUT2D eigenvalue weighted by molar-refractivity contribution is 0.209. The first-order chi connectivity index (χ1) is 16.3. The molecule has 0 bridgehead atoms. The summed E-state index contributed by atoms with van der Waals surface area (Å²) in [4.78, 5) is 32.3. The molecule has 11 heteroatoms. The minimum atomic E-state index is -0.786. The molecule has 5 rings (SSSR count). The van der Waals surface area contributed by atoms with E-state index in [4.69, 9.17) is 16.9 Å². The van der Waals surface area contributed by atoms with E-state index in [1.165, 1.54) is 29.0 Å². The number of aryl methyl sites for hydroxylation is 1. The Bertz CT molecular complexity index is 1590. The Labute approximate surface area is 202 Å². The van der Waals surface area contributed by atoms with Gasteiger partial charge in [-0.3, -0.25) is 19.4 Å². The molecule has 8 nitrogen and oxygen atoms in total. The summed E-state index contributed by atoms with van der Waals surface area (Å²) >= 11 is 7.42. The minimum Gasteiger partial charge on any atom is -0.291 e. The van der Waals surface area contributed by atoms with Crippen molar-refractivity contribution in [3.63, 3.8) is 0 Å². The molecule has 4 heterocycles. The van der Waals surface area contributed by atoms with Crippen LogP contribution in [0.1, 0.15) is 13.3 Å². The first-order valence-electron chi connectivity index (χ1n) is 10.4. The van der Waals surface area contributed by atoms with Crippen LogP contribution < -0.4 is 11.2 Å². The van der Waals surface area contributed by atoms with Gasteiger partial charge in [0.2, 0.25) is 0 Å². The second-order valence-corrected chi connectivity index (χ2v) is 9.67. The minimum absolute atomic E-state index is 0.0792. The van der Waals surface area contributed by atoms with Crippen molar-refractivity contribution in [3.8, 4) is 16.5 Å². The van der Waals surface area contributed by atoms with Gasteiger partial charge in [-0.25, -0.2) is 13.8 Å². The average molecular weight is 497 g/mol. The molecule has 2 aromatic heterocycles. The monoisotopic (exact) mass is 496 g/mol. The van der Waals surface area contributed by atoms with Gasteiger partial charge in [-0.05, 0) is 31.2 Å². The zero-order chi connectivity index (χ0) is 24.2. The first kappa shape index (κ1) is 22.3. The fourth-order valence-electron chi connectivity index (χ4n) is 4.35. The second-order valence-electron chi connectivity index (χ2n) is 8.21. The van der Waals surface area contributed by atoms with Gasteiger partial charge in [0.15, 0.2) is 0 Å². The summed E-state index contributed by atoms with van der Waals surface area (Å²) in [6.07, 6.45) is 5.05. The topological polar surface area (TPSA) is 95.8 Å². The van der Waals surface area contributed by atoms with E-state index < -0.39 is 22.6 Å². The fourth-order valence-corrected chi connectivity index (χ4v) is 5.81. The summed E-state index contributed by atoms with van der Waals surface area (Å²) in [5.41, 5.74) is -0.493. The van der Waals surface area contributed by atoms with Gasteiger partial charge < -0.3 is 0 Å². The van der Waals surface area contributed by atoms with Gasteiger partial charge >= 0.3 is 5.69 Å².